The third kappa shape index (κ3) is 2.87. The Hall–Kier alpha value is -0.910. The van der Waals surface area contributed by atoms with Crippen molar-refractivity contribution in [3.05, 3.63) is 57.0 Å². The third-order valence-electron chi connectivity index (χ3n) is 3.17. The van der Waals surface area contributed by atoms with Crippen LogP contribution in [0.5, 0.6) is 0 Å². The smallest absolute Gasteiger partial charge is 0.137 e. The largest absolute Gasteiger partial charge is 0.296 e. The summed E-state index contributed by atoms with van der Waals surface area (Å²) in [5.41, 5.74) is 2.70. The number of hydrogen-bond donors (Lipinski definition) is 0. The molecule has 0 saturated heterocycles. The molecule has 0 spiro atoms. The summed E-state index contributed by atoms with van der Waals surface area (Å²) in [6, 6.07) is 10.8. The molecule has 2 aromatic carbocycles. The molecule has 0 unspecified atom stereocenters. The van der Waals surface area contributed by atoms with Crippen LogP contribution in [0, 0.1) is 5.82 Å². The lowest BCUT2D eigenvalue weighted by molar-refractivity contribution is 0.620. The van der Waals surface area contributed by atoms with Crippen LogP contribution >= 0.6 is 43.5 Å². The second-order valence-electron chi connectivity index (χ2n) is 4.53. The lowest BCUT2D eigenvalue weighted by Gasteiger charge is -2.09. The lowest BCUT2D eigenvalue weighted by atomic mass is 10.2. The van der Waals surface area contributed by atoms with E-state index in [2.05, 4.69) is 36.8 Å². The monoisotopic (exact) mass is 430 g/mol. The van der Waals surface area contributed by atoms with Gasteiger partial charge in [0.15, 0.2) is 0 Å². The number of alkyl halides is 1. The number of hydrogen-bond acceptors (Lipinski definition) is 1. The molecule has 0 atom stereocenters. The van der Waals surface area contributed by atoms with E-state index in [9.17, 15) is 4.39 Å². The molecule has 0 radical (unpaired) electrons. The van der Waals surface area contributed by atoms with Crippen molar-refractivity contribution in [3.63, 3.8) is 0 Å². The van der Waals surface area contributed by atoms with E-state index in [-0.39, 0.29) is 5.82 Å². The minimum absolute atomic E-state index is 0.287. The molecule has 0 aliphatic carbocycles. The third-order valence-corrected chi connectivity index (χ3v) is 4.46. The van der Waals surface area contributed by atoms with Gasteiger partial charge in [0.2, 0.25) is 0 Å². The van der Waals surface area contributed by atoms with E-state index in [1.54, 1.807) is 12.1 Å². The molecule has 0 amide bonds. The first-order valence-corrected chi connectivity index (χ1v) is 8.40. The first kappa shape index (κ1) is 15.0. The maximum atomic E-state index is 13.5. The minimum Gasteiger partial charge on any atom is -0.296 e. The summed E-state index contributed by atoms with van der Waals surface area (Å²) >= 11 is 12.6. The van der Waals surface area contributed by atoms with Crippen molar-refractivity contribution >= 4 is 54.5 Å². The van der Waals surface area contributed by atoms with Gasteiger partial charge in [-0.3, -0.25) is 4.57 Å². The lowest BCUT2D eigenvalue weighted by Crippen LogP contribution is -2.02. The van der Waals surface area contributed by atoms with Gasteiger partial charge >= 0.3 is 0 Å². The molecule has 1 heterocycles. The molecule has 0 saturated carbocycles. The Labute approximate surface area is 143 Å². The SMILES string of the molecule is Fc1ccc(-n2c(CCCl)nc3cc(Br)ccc32)cc1Br. The average molecular weight is 433 g/mol. The molecule has 0 bridgehead atoms. The molecule has 108 valence electrons. The molecule has 3 rings (SSSR count). The first-order chi connectivity index (χ1) is 10.1. The fourth-order valence-electron chi connectivity index (χ4n) is 2.27. The quantitative estimate of drug-likeness (QED) is 0.502. The van der Waals surface area contributed by atoms with Crippen molar-refractivity contribution in [2.45, 2.75) is 6.42 Å². The standard InChI is InChI=1S/C15H10Br2ClFN2/c16-9-1-4-14-13(7-9)20-15(5-6-18)21(14)10-2-3-12(19)11(17)8-10/h1-4,7-8H,5-6H2. The van der Waals surface area contributed by atoms with Crippen molar-refractivity contribution in [1.82, 2.24) is 9.55 Å². The van der Waals surface area contributed by atoms with Crippen LogP contribution in [0.15, 0.2) is 45.3 Å². The normalized spacial score (nSPS) is 11.2. The van der Waals surface area contributed by atoms with E-state index in [1.165, 1.54) is 6.07 Å². The summed E-state index contributed by atoms with van der Waals surface area (Å²) in [5, 5.41) is 0. The molecule has 6 heteroatoms. The highest BCUT2D eigenvalue weighted by Crippen LogP contribution is 2.27. The van der Waals surface area contributed by atoms with E-state index in [0.29, 0.717) is 16.8 Å². The number of aromatic nitrogens is 2. The summed E-state index contributed by atoms with van der Waals surface area (Å²) in [6.07, 6.45) is 0.642. The maximum Gasteiger partial charge on any atom is 0.137 e. The van der Waals surface area contributed by atoms with Crippen LogP contribution in [-0.2, 0) is 6.42 Å². The Morgan fingerprint density at radius 1 is 1.14 bits per heavy atom. The molecule has 1 aromatic heterocycles. The summed E-state index contributed by atoms with van der Waals surface area (Å²) in [7, 11) is 0. The number of imidazole rings is 1. The van der Waals surface area contributed by atoms with Crippen LogP contribution in [-0.4, -0.2) is 15.4 Å². The Morgan fingerprint density at radius 3 is 2.67 bits per heavy atom. The van der Waals surface area contributed by atoms with Gasteiger partial charge < -0.3 is 0 Å². The van der Waals surface area contributed by atoms with Gasteiger partial charge in [0.05, 0.1) is 15.5 Å². The Morgan fingerprint density at radius 2 is 1.95 bits per heavy atom. The highest BCUT2D eigenvalue weighted by molar-refractivity contribution is 9.10. The van der Waals surface area contributed by atoms with Crippen LogP contribution in [0.2, 0.25) is 0 Å². The van der Waals surface area contributed by atoms with Gasteiger partial charge in [-0.1, -0.05) is 15.9 Å². The maximum absolute atomic E-state index is 13.5. The summed E-state index contributed by atoms with van der Waals surface area (Å²) in [6.45, 7) is 0. The Bertz CT molecular complexity index is 817. The molecular formula is C15H10Br2ClFN2. The molecular weight excluding hydrogens is 422 g/mol. The van der Waals surface area contributed by atoms with Gasteiger partial charge in [-0.2, -0.15) is 0 Å². The van der Waals surface area contributed by atoms with Gasteiger partial charge in [0.25, 0.3) is 0 Å². The predicted molar refractivity (Wildman–Crippen MR) is 90.9 cm³/mol. The molecule has 0 fully saturated rings. The van der Waals surface area contributed by atoms with Gasteiger partial charge in [0.1, 0.15) is 11.6 Å². The second-order valence-corrected chi connectivity index (χ2v) is 6.68. The van der Waals surface area contributed by atoms with Gasteiger partial charge in [-0.25, -0.2) is 9.37 Å². The minimum atomic E-state index is -0.287. The molecule has 2 nitrogen and oxygen atoms in total. The highest BCUT2D eigenvalue weighted by Gasteiger charge is 2.13. The molecule has 0 aliphatic heterocycles. The van der Waals surface area contributed by atoms with E-state index in [0.717, 1.165) is 27.0 Å². The average Bonchev–Trinajstić information content (AvgIpc) is 2.79. The predicted octanol–water partition coefficient (Wildman–Crippen LogP) is 5.47. The van der Waals surface area contributed by atoms with Crippen LogP contribution < -0.4 is 0 Å². The van der Waals surface area contributed by atoms with Crippen LogP contribution in [0.3, 0.4) is 0 Å². The van der Waals surface area contributed by atoms with Crippen LogP contribution in [0.25, 0.3) is 16.7 Å². The van der Waals surface area contributed by atoms with E-state index >= 15 is 0 Å². The highest BCUT2D eigenvalue weighted by atomic mass is 79.9. The van der Waals surface area contributed by atoms with Crippen molar-refractivity contribution in [2.75, 3.05) is 5.88 Å². The number of fused-ring (bicyclic) bond motifs is 1. The van der Waals surface area contributed by atoms with Gasteiger partial charge in [0, 0.05) is 22.5 Å². The molecule has 21 heavy (non-hydrogen) atoms. The van der Waals surface area contributed by atoms with Crippen molar-refractivity contribution in [1.29, 1.82) is 0 Å². The fourth-order valence-corrected chi connectivity index (χ4v) is 3.15. The Kier molecular flexibility index (Phi) is 4.33. The van der Waals surface area contributed by atoms with E-state index < -0.39 is 0 Å². The van der Waals surface area contributed by atoms with Crippen molar-refractivity contribution in [3.8, 4) is 5.69 Å². The van der Waals surface area contributed by atoms with Crippen LogP contribution in [0.1, 0.15) is 5.82 Å². The zero-order valence-electron chi connectivity index (χ0n) is 10.8. The number of benzene rings is 2. The van der Waals surface area contributed by atoms with E-state index in [1.807, 2.05) is 22.8 Å². The number of rotatable bonds is 3. The van der Waals surface area contributed by atoms with Crippen molar-refractivity contribution < 1.29 is 4.39 Å². The fraction of sp³-hybridized carbons (Fsp3) is 0.133. The van der Waals surface area contributed by atoms with Crippen LogP contribution in [0.4, 0.5) is 4.39 Å². The zero-order valence-corrected chi connectivity index (χ0v) is 14.7. The molecule has 0 aliphatic rings. The second kappa shape index (κ2) is 6.07. The number of halogens is 4. The van der Waals surface area contributed by atoms with Gasteiger partial charge in [-0.15, -0.1) is 11.6 Å². The summed E-state index contributed by atoms with van der Waals surface area (Å²) in [4.78, 5) is 4.63. The summed E-state index contributed by atoms with van der Waals surface area (Å²) < 4.78 is 16.9. The first-order valence-electron chi connectivity index (χ1n) is 6.28. The Balaban J connectivity index is 2.27. The van der Waals surface area contributed by atoms with Crippen molar-refractivity contribution in [2.24, 2.45) is 0 Å². The number of aryl methyl sites for hydroxylation is 1. The zero-order chi connectivity index (χ0) is 15.0. The van der Waals surface area contributed by atoms with E-state index in [4.69, 9.17) is 11.6 Å². The number of nitrogens with zero attached hydrogens (tertiary/aromatic N) is 2. The topological polar surface area (TPSA) is 17.8 Å². The molecule has 0 N–H and O–H groups in total. The van der Waals surface area contributed by atoms with Gasteiger partial charge in [-0.05, 0) is 52.3 Å². The molecule has 3 aromatic rings. The summed E-state index contributed by atoms with van der Waals surface area (Å²) in [5.74, 6) is 1.05.